The maximum absolute atomic E-state index is 12.9. The van der Waals surface area contributed by atoms with Crippen LogP contribution in [0.5, 0.6) is 0 Å². The van der Waals surface area contributed by atoms with Crippen LogP contribution in [-0.4, -0.2) is 47.8 Å². The summed E-state index contributed by atoms with van der Waals surface area (Å²) in [6, 6.07) is 10.3. The highest BCUT2D eigenvalue weighted by Crippen LogP contribution is 2.19. The van der Waals surface area contributed by atoms with Gasteiger partial charge in [-0.15, -0.1) is 10.2 Å². The van der Waals surface area contributed by atoms with Crippen molar-refractivity contribution in [2.45, 2.75) is 6.92 Å². The third kappa shape index (κ3) is 3.19. The van der Waals surface area contributed by atoms with Crippen LogP contribution < -0.4 is 4.90 Å². The topological polar surface area (TPSA) is 32.3 Å². The van der Waals surface area contributed by atoms with E-state index in [4.69, 9.17) is 0 Å². The summed E-state index contributed by atoms with van der Waals surface area (Å²) in [5, 5.41) is 8.58. The first kappa shape index (κ1) is 13.9. The predicted octanol–water partition coefficient (Wildman–Crippen LogP) is 2.42. The molecule has 1 aliphatic heterocycles. The number of halogens is 1. The number of rotatable bonds is 3. The Morgan fingerprint density at radius 1 is 0.952 bits per heavy atom. The fourth-order valence-electron chi connectivity index (χ4n) is 2.56. The van der Waals surface area contributed by atoms with Crippen molar-refractivity contribution in [2.75, 3.05) is 37.6 Å². The number of likely N-dealkylation sites (N-methyl/N-ethyl adjacent to an activating group) is 1. The number of piperazine rings is 1. The summed E-state index contributed by atoms with van der Waals surface area (Å²) in [6.45, 7) is 7.39. The van der Waals surface area contributed by atoms with Crippen molar-refractivity contribution >= 4 is 5.82 Å². The molecule has 0 amide bonds. The minimum absolute atomic E-state index is 0.239. The highest BCUT2D eigenvalue weighted by Gasteiger charge is 2.17. The monoisotopic (exact) mass is 286 g/mol. The van der Waals surface area contributed by atoms with Crippen molar-refractivity contribution in [3.05, 3.63) is 42.2 Å². The number of nitrogens with zero attached hydrogens (tertiary/aromatic N) is 4. The maximum Gasteiger partial charge on any atom is 0.151 e. The summed E-state index contributed by atoms with van der Waals surface area (Å²) in [6.07, 6.45) is 0. The molecule has 1 aliphatic rings. The summed E-state index contributed by atoms with van der Waals surface area (Å²) < 4.78 is 12.9. The van der Waals surface area contributed by atoms with Gasteiger partial charge in [0.05, 0.1) is 5.69 Å². The lowest BCUT2D eigenvalue weighted by molar-refractivity contribution is 0.270. The van der Waals surface area contributed by atoms with E-state index in [1.54, 1.807) is 12.1 Å². The summed E-state index contributed by atoms with van der Waals surface area (Å²) in [5.74, 6) is 0.675. The van der Waals surface area contributed by atoms with Gasteiger partial charge in [-0.1, -0.05) is 6.92 Å². The predicted molar refractivity (Wildman–Crippen MR) is 81.8 cm³/mol. The third-order valence-electron chi connectivity index (χ3n) is 3.93. The zero-order valence-corrected chi connectivity index (χ0v) is 12.2. The molecule has 21 heavy (non-hydrogen) atoms. The molecule has 0 atom stereocenters. The molecule has 3 rings (SSSR count). The second kappa shape index (κ2) is 6.18. The second-order valence-electron chi connectivity index (χ2n) is 5.20. The van der Waals surface area contributed by atoms with Gasteiger partial charge >= 0.3 is 0 Å². The van der Waals surface area contributed by atoms with Gasteiger partial charge in [0.15, 0.2) is 5.82 Å². The van der Waals surface area contributed by atoms with E-state index in [1.807, 2.05) is 12.1 Å². The molecule has 0 radical (unpaired) electrons. The van der Waals surface area contributed by atoms with Gasteiger partial charge in [-0.2, -0.15) is 0 Å². The van der Waals surface area contributed by atoms with Gasteiger partial charge in [0.25, 0.3) is 0 Å². The highest BCUT2D eigenvalue weighted by atomic mass is 19.1. The van der Waals surface area contributed by atoms with Crippen LogP contribution in [0.3, 0.4) is 0 Å². The lowest BCUT2D eigenvalue weighted by atomic mass is 10.1. The molecule has 2 aromatic rings. The number of benzene rings is 1. The first-order valence-corrected chi connectivity index (χ1v) is 7.33. The lowest BCUT2D eigenvalue weighted by Gasteiger charge is -2.34. The van der Waals surface area contributed by atoms with Crippen molar-refractivity contribution < 1.29 is 4.39 Å². The van der Waals surface area contributed by atoms with Crippen molar-refractivity contribution in [1.29, 1.82) is 0 Å². The molecular weight excluding hydrogens is 267 g/mol. The zero-order valence-electron chi connectivity index (χ0n) is 12.2. The minimum atomic E-state index is -0.239. The third-order valence-corrected chi connectivity index (χ3v) is 3.93. The highest BCUT2D eigenvalue weighted by molar-refractivity contribution is 5.59. The molecule has 2 heterocycles. The summed E-state index contributed by atoms with van der Waals surface area (Å²) in [5.41, 5.74) is 1.65. The molecule has 0 N–H and O–H groups in total. The first-order chi connectivity index (χ1) is 10.3. The van der Waals surface area contributed by atoms with Crippen LogP contribution >= 0.6 is 0 Å². The van der Waals surface area contributed by atoms with Crippen LogP contribution in [0.4, 0.5) is 10.2 Å². The Kier molecular flexibility index (Phi) is 4.10. The SMILES string of the molecule is CCN1CCN(c2ccc(-c3ccc(F)cc3)nn2)CC1. The molecule has 110 valence electrons. The van der Waals surface area contributed by atoms with Crippen LogP contribution in [-0.2, 0) is 0 Å². The standard InChI is InChI=1S/C16H19FN4/c1-2-20-9-11-21(12-10-20)16-8-7-15(18-19-16)13-3-5-14(17)6-4-13/h3-8H,2,9-12H2,1H3. The molecule has 4 nitrogen and oxygen atoms in total. The van der Waals surface area contributed by atoms with E-state index in [9.17, 15) is 4.39 Å². The molecule has 1 fully saturated rings. The van der Waals surface area contributed by atoms with Gasteiger partial charge in [0.1, 0.15) is 5.82 Å². The largest absolute Gasteiger partial charge is 0.353 e. The molecule has 0 bridgehead atoms. The molecule has 0 aliphatic carbocycles. The average molecular weight is 286 g/mol. The van der Waals surface area contributed by atoms with E-state index in [0.717, 1.165) is 49.8 Å². The van der Waals surface area contributed by atoms with Gasteiger partial charge in [0.2, 0.25) is 0 Å². The Morgan fingerprint density at radius 3 is 2.24 bits per heavy atom. The van der Waals surface area contributed by atoms with Crippen LogP contribution in [0.15, 0.2) is 36.4 Å². The van der Waals surface area contributed by atoms with E-state index in [2.05, 4.69) is 26.9 Å². The van der Waals surface area contributed by atoms with Crippen molar-refractivity contribution in [1.82, 2.24) is 15.1 Å². The van der Waals surface area contributed by atoms with Gasteiger partial charge in [0, 0.05) is 31.7 Å². The number of hydrogen-bond donors (Lipinski definition) is 0. The smallest absolute Gasteiger partial charge is 0.151 e. The number of anilines is 1. The molecule has 0 spiro atoms. The van der Waals surface area contributed by atoms with Crippen LogP contribution in [0.25, 0.3) is 11.3 Å². The Morgan fingerprint density at radius 2 is 1.67 bits per heavy atom. The summed E-state index contributed by atoms with van der Waals surface area (Å²) >= 11 is 0. The Balaban J connectivity index is 1.71. The fourth-order valence-corrected chi connectivity index (χ4v) is 2.56. The second-order valence-corrected chi connectivity index (χ2v) is 5.20. The molecule has 0 saturated carbocycles. The summed E-state index contributed by atoms with van der Waals surface area (Å²) in [7, 11) is 0. The van der Waals surface area contributed by atoms with Crippen LogP contribution in [0.2, 0.25) is 0 Å². The molecule has 5 heteroatoms. The van der Waals surface area contributed by atoms with E-state index in [-0.39, 0.29) is 5.82 Å². The fraction of sp³-hybridized carbons (Fsp3) is 0.375. The lowest BCUT2D eigenvalue weighted by Crippen LogP contribution is -2.46. The number of hydrogen-bond acceptors (Lipinski definition) is 4. The van der Waals surface area contributed by atoms with E-state index >= 15 is 0 Å². The zero-order chi connectivity index (χ0) is 14.7. The Labute approximate surface area is 124 Å². The van der Waals surface area contributed by atoms with Crippen molar-refractivity contribution in [2.24, 2.45) is 0 Å². The maximum atomic E-state index is 12.9. The van der Waals surface area contributed by atoms with E-state index in [1.165, 1.54) is 12.1 Å². The van der Waals surface area contributed by atoms with Gasteiger partial charge in [-0.3, -0.25) is 0 Å². The molecule has 1 aromatic heterocycles. The van der Waals surface area contributed by atoms with Gasteiger partial charge in [-0.05, 0) is 42.9 Å². The minimum Gasteiger partial charge on any atom is -0.353 e. The van der Waals surface area contributed by atoms with Crippen molar-refractivity contribution in [3.63, 3.8) is 0 Å². The Bertz CT molecular complexity index is 574. The molecular formula is C16H19FN4. The number of aromatic nitrogens is 2. The first-order valence-electron chi connectivity index (χ1n) is 7.33. The average Bonchev–Trinajstić information content (AvgIpc) is 2.56. The van der Waals surface area contributed by atoms with E-state index in [0.29, 0.717) is 0 Å². The molecule has 1 saturated heterocycles. The van der Waals surface area contributed by atoms with E-state index < -0.39 is 0 Å². The van der Waals surface area contributed by atoms with Gasteiger partial charge < -0.3 is 9.80 Å². The normalized spacial score (nSPS) is 16.2. The molecule has 0 unspecified atom stereocenters. The Hall–Kier alpha value is -2.01. The van der Waals surface area contributed by atoms with Crippen molar-refractivity contribution in [3.8, 4) is 11.3 Å². The van der Waals surface area contributed by atoms with Gasteiger partial charge in [-0.25, -0.2) is 4.39 Å². The van der Waals surface area contributed by atoms with Crippen LogP contribution in [0, 0.1) is 5.82 Å². The molecule has 1 aromatic carbocycles. The van der Waals surface area contributed by atoms with Crippen LogP contribution in [0.1, 0.15) is 6.92 Å². The summed E-state index contributed by atoms with van der Waals surface area (Å²) in [4.78, 5) is 4.68. The quantitative estimate of drug-likeness (QED) is 0.867.